The number of rotatable bonds is 1. The van der Waals surface area contributed by atoms with Crippen molar-refractivity contribution in [1.82, 2.24) is 9.97 Å². The molecular formula is C16H17N2O6Rh. The average Bonchev–Trinajstić information content (AvgIpc) is 2.47. The molecule has 0 aliphatic heterocycles. The molecule has 0 N–H and O–H groups in total. The number of carbonyl (C=O) groups excluding carboxylic acids is 3. The van der Waals surface area contributed by atoms with Crippen LogP contribution in [0.15, 0.2) is 48.8 Å². The molecule has 0 saturated heterocycles. The van der Waals surface area contributed by atoms with Crippen molar-refractivity contribution in [1.29, 1.82) is 0 Å². The zero-order valence-corrected chi connectivity index (χ0v) is 15.4. The first-order valence-electron chi connectivity index (χ1n) is 6.52. The quantitative estimate of drug-likeness (QED) is 0.487. The first-order valence-corrected chi connectivity index (χ1v) is 6.52. The number of aliphatic carboxylic acids is 3. The number of carboxylic acid groups (broad SMARTS) is 3. The third-order valence-electron chi connectivity index (χ3n) is 1.59. The summed E-state index contributed by atoms with van der Waals surface area (Å²) in [5, 5.41) is 26.7. The minimum Gasteiger partial charge on any atom is -0.550 e. The maximum atomic E-state index is 8.89. The molecule has 2 aromatic rings. The molecule has 0 bridgehead atoms. The number of carbonyl (C=O) groups is 3. The predicted molar refractivity (Wildman–Crippen MR) is 79.5 cm³/mol. The van der Waals surface area contributed by atoms with Crippen LogP contribution in [0.3, 0.4) is 0 Å². The first-order chi connectivity index (χ1) is 11.2. The van der Waals surface area contributed by atoms with Crippen LogP contribution >= 0.6 is 0 Å². The molecule has 0 radical (unpaired) electrons. The SMILES string of the molecule is CC(=O)[O-].CC(=O)[O-].CC(=O)[O-].[Rh+3].c1ccc(-c2ccccn2)nc1. The number of pyridine rings is 2. The van der Waals surface area contributed by atoms with Gasteiger partial charge < -0.3 is 29.7 Å². The zero-order chi connectivity index (χ0) is 19.0. The molecule has 0 aliphatic rings. The summed E-state index contributed by atoms with van der Waals surface area (Å²) in [6.45, 7) is 2.92. The summed E-state index contributed by atoms with van der Waals surface area (Å²) < 4.78 is 0. The average molecular weight is 436 g/mol. The number of aromatic nitrogens is 2. The molecule has 9 heteroatoms. The molecule has 0 spiro atoms. The molecule has 136 valence electrons. The van der Waals surface area contributed by atoms with E-state index >= 15 is 0 Å². The van der Waals surface area contributed by atoms with E-state index < -0.39 is 17.9 Å². The van der Waals surface area contributed by atoms with E-state index in [2.05, 4.69) is 9.97 Å². The third kappa shape index (κ3) is 26.5. The summed E-state index contributed by atoms with van der Waals surface area (Å²) in [7, 11) is 0. The van der Waals surface area contributed by atoms with Gasteiger partial charge in [-0.05, 0) is 45.0 Å². The second kappa shape index (κ2) is 17.7. The van der Waals surface area contributed by atoms with Gasteiger partial charge in [-0.2, -0.15) is 0 Å². The van der Waals surface area contributed by atoms with Crippen molar-refractivity contribution in [2.75, 3.05) is 0 Å². The van der Waals surface area contributed by atoms with E-state index in [0.717, 1.165) is 32.2 Å². The molecule has 0 unspecified atom stereocenters. The Morgan fingerprint density at radius 1 is 0.680 bits per heavy atom. The fourth-order valence-electron chi connectivity index (χ4n) is 1.03. The van der Waals surface area contributed by atoms with Crippen molar-refractivity contribution in [3.8, 4) is 11.4 Å². The standard InChI is InChI=1S/C10H8N2.3C2H4O2.Rh/c1-3-7-11-9(5-1)10-6-2-4-8-12-10;3*1-2(3)4;/h1-8H;3*1H3,(H,3,4);/q;;;;+3/p-3. The molecule has 25 heavy (non-hydrogen) atoms. The van der Waals surface area contributed by atoms with Gasteiger partial charge >= 0.3 is 19.5 Å². The van der Waals surface area contributed by atoms with Crippen molar-refractivity contribution in [3.63, 3.8) is 0 Å². The summed E-state index contributed by atoms with van der Waals surface area (Å²) >= 11 is 0. The van der Waals surface area contributed by atoms with Crippen LogP contribution in [0, 0.1) is 0 Å². The molecule has 0 amide bonds. The smallest absolute Gasteiger partial charge is 0.550 e. The minimum absolute atomic E-state index is 0. The summed E-state index contributed by atoms with van der Waals surface area (Å²) in [5.41, 5.74) is 1.83. The third-order valence-corrected chi connectivity index (χ3v) is 1.59. The Kier molecular flexibility index (Phi) is 19.2. The fraction of sp³-hybridized carbons (Fsp3) is 0.188. The Labute approximate surface area is 158 Å². The Morgan fingerprint density at radius 3 is 1.08 bits per heavy atom. The predicted octanol–water partition coefficient (Wildman–Crippen LogP) is -1.59. The van der Waals surface area contributed by atoms with Gasteiger partial charge in [0.05, 0.1) is 11.4 Å². The van der Waals surface area contributed by atoms with E-state index in [4.69, 9.17) is 29.7 Å². The minimum atomic E-state index is -1.08. The molecule has 2 aromatic heterocycles. The van der Waals surface area contributed by atoms with E-state index in [1.54, 1.807) is 12.4 Å². The van der Waals surface area contributed by atoms with Crippen molar-refractivity contribution >= 4 is 17.9 Å². The van der Waals surface area contributed by atoms with E-state index in [9.17, 15) is 0 Å². The van der Waals surface area contributed by atoms with E-state index in [1.807, 2.05) is 36.4 Å². The summed E-state index contributed by atoms with van der Waals surface area (Å²) in [4.78, 5) is 35.0. The number of nitrogens with zero attached hydrogens (tertiary/aromatic N) is 2. The Morgan fingerprint density at radius 2 is 0.920 bits per heavy atom. The molecule has 0 atom stereocenters. The van der Waals surface area contributed by atoms with Gasteiger partial charge in [-0.3, -0.25) is 9.97 Å². The molecule has 2 rings (SSSR count). The van der Waals surface area contributed by atoms with Crippen LogP contribution in [0.4, 0.5) is 0 Å². The van der Waals surface area contributed by atoms with Crippen molar-refractivity contribution < 1.29 is 49.2 Å². The van der Waals surface area contributed by atoms with Gasteiger partial charge in [0, 0.05) is 30.3 Å². The Hall–Kier alpha value is -2.67. The number of hydrogen-bond donors (Lipinski definition) is 0. The molecular weight excluding hydrogens is 419 g/mol. The first kappa shape index (κ1) is 27.2. The number of hydrogen-bond acceptors (Lipinski definition) is 8. The molecule has 2 heterocycles. The summed E-state index contributed by atoms with van der Waals surface area (Å²) in [5.74, 6) is -3.25. The van der Waals surface area contributed by atoms with Gasteiger partial charge in [0.25, 0.3) is 0 Å². The second-order valence-electron chi connectivity index (χ2n) is 3.90. The van der Waals surface area contributed by atoms with E-state index in [-0.39, 0.29) is 19.5 Å². The Balaban J connectivity index is -0.000000314. The van der Waals surface area contributed by atoms with Crippen molar-refractivity contribution in [2.24, 2.45) is 0 Å². The van der Waals surface area contributed by atoms with Crippen LogP contribution < -0.4 is 15.3 Å². The van der Waals surface area contributed by atoms with Gasteiger partial charge in [-0.15, -0.1) is 0 Å². The van der Waals surface area contributed by atoms with Crippen LogP contribution in [-0.4, -0.2) is 27.9 Å². The van der Waals surface area contributed by atoms with Gasteiger partial charge in [0.2, 0.25) is 0 Å². The zero-order valence-electron chi connectivity index (χ0n) is 13.8. The second-order valence-corrected chi connectivity index (χ2v) is 3.90. The molecule has 0 saturated carbocycles. The fourth-order valence-corrected chi connectivity index (χ4v) is 1.03. The van der Waals surface area contributed by atoms with Crippen molar-refractivity contribution in [2.45, 2.75) is 20.8 Å². The van der Waals surface area contributed by atoms with Crippen LogP contribution in [-0.2, 0) is 33.9 Å². The largest absolute Gasteiger partial charge is 3.00 e. The molecule has 0 aliphatic carbocycles. The molecule has 8 nitrogen and oxygen atoms in total. The Bertz CT molecular complexity index is 531. The van der Waals surface area contributed by atoms with Crippen LogP contribution in [0.25, 0.3) is 11.4 Å². The van der Waals surface area contributed by atoms with Gasteiger partial charge in [-0.25, -0.2) is 0 Å². The van der Waals surface area contributed by atoms with Gasteiger partial charge in [-0.1, -0.05) is 12.1 Å². The molecule has 0 aromatic carbocycles. The normalized spacial score (nSPS) is 7.64. The van der Waals surface area contributed by atoms with E-state index in [1.165, 1.54) is 0 Å². The summed E-state index contributed by atoms with van der Waals surface area (Å²) in [6.07, 6.45) is 3.54. The summed E-state index contributed by atoms with van der Waals surface area (Å²) in [6, 6.07) is 11.6. The molecule has 0 fully saturated rings. The maximum absolute atomic E-state index is 8.89. The van der Waals surface area contributed by atoms with E-state index in [0.29, 0.717) is 0 Å². The van der Waals surface area contributed by atoms with Gasteiger partial charge in [0.1, 0.15) is 0 Å². The van der Waals surface area contributed by atoms with Crippen molar-refractivity contribution in [3.05, 3.63) is 48.8 Å². The monoisotopic (exact) mass is 436 g/mol. The van der Waals surface area contributed by atoms with Crippen LogP contribution in [0.5, 0.6) is 0 Å². The number of carboxylic acids is 3. The van der Waals surface area contributed by atoms with Crippen LogP contribution in [0.2, 0.25) is 0 Å². The van der Waals surface area contributed by atoms with Gasteiger partial charge in [0.15, 0.2) is 0 Å². The van der Waals surface area contributed by atoms with Crippen LogP contribution in [0.1, 0.15) is 20.8 Å². The maximum Gasteiger partial charge on any atom is 3.00 e. The topological polar surface area (TPSA) is 146 Å².